The van der Waals surface area contributed by atoms with Gasteiger partial charge < -0.3 is 20.9 Å². The molecular weight excluding hydrogens is 435 g/mol. The van der Waals surface area contributed by atoms with E-state index in [9.17, 15) is 9.18 Å². The van der Waals surface area contributed by atoms with E-state index in [1.54, 1.807) is 12.3 Å². The summed E-state index contributed by atoms with van der Waals surface area (Å²) in [4.78, 5) is 31.4. The van der Waals surface area contributed by atoms with Crippen LogP contribution in [0.1, 0.15) is 25.7 Å². The molecule has 11 heteroatoms. The number of amides is 2. The number of aromatic nitrogens is 4. The third-order valence-electron chi connectivity index (χ3n) is 5.92. The van der Waals surface area contributed by atoms with E-state index in [0.717, 1.165) is 38.8 Å². The molecule has 1 saturated heterocycles. The summed E-state index contributed by atoms with van der Waals surface area (Å²) in [6.45, 7) is 1.51. The number of hydrogen-bond acceptors (Lipinski definition) is 7. The summed E-state index contributed by atoms with van der Waals surface area (Å²) in [5.41, 5.74) is 1.73. The number of fused-ring (bicyclic) bond motifs is 1. The average molecular weight is 457 g/mol. The molecule has 9 nitrogen and oxygen atoms in total. The van der Waals surface area contributed by atoms with E-state index in [-0.39, 0.29) is 17.1 Å². The lowest BCUT2D eigenvalue weighted by Gasteiger charge is -2.34. The Morgan fingerprint density at radius 1 is 1.16 bits per heavy atom. The Morgan fingerprint density at radius 2 is 2.00 bits per heavy atom. The molecule has 1 aromatic carbocycles. The minimum absolute atomic E-state index is 0.0207. The molecule has 3 heterocycles. The van der Waals surface area contributed by atoms with Crippen LogP contribution in [-0.2, 0) is 0 Å². The molecule has 3 N–H and O–H groups in total. The Balaban J connectivity index is 1.29. The van der Waals surface area contributed by atoms with E-state index < -0.39 is 5.82 Å². The molecule has 5 rings (SSSR count). The first-order chi connectivity index (χ1) is 15.6. The van der Waals surface area contributed by atoms with Crippen molar-refractivity contribution >= 4 is 46.1 Å². The second-order valence-corrected chi connectivity index (χ2v) is 8.39. The summed E-state index contributed by atoms with van der Waals surface area (Å²) >= 11 is 5.88. The first-order valence-corrected chi connectivity index (χ1v) is 11.0. The number of benzene rings is 1. The normalized spacial score (nSPS) is 20.9. The van der Waals surface area contributed by atoms with Gasteiger partial charge in [-0.05, 0) is 43.9 Å². The molecule has 32 heavy (non-hydrogen) atoms. The van der Waals surface area contributed by atoms with Gasteiger partial charge in [0.15, 0.2) is 5.82 Å². The maximum absolute atomic E-state index is 13.5. The molecule has 2 amide bonds. The second-order valence-electron chi connectivity index (χ2n) is 7.98. The van der Waals surface area contributed by atoms with Gasteiger partial charge in [-0.1, -0.05) is 11.6 Å². The molecule has 0 atom stereocenters. The third-order valence-corrected chi connectivity index (χ3v) is 6.21. The summed E-state index contributed by atoms with van der Waals surface area (Å²) in [6.07, 6.45) is 6.82. The predicted octanol–water partition coefficient (Wildman–Crippen LogP) is 3.70. The van der Waals surface area contributed by atoms with Crippen LogP contribution in [0, 0.1) is 5.82 Å². The number of halogens is 2. The van der Waals surface area contributed by atoms with E-state index in [0.29, 0.717) is 34.5 Å². The molecule has 2 aliphatic rings. The van der Waals surface area contributed by atoms with Crippen molar-refractivity contribution in [2.75, 3.05) is 23.7 Å². The lowest BCUT2D eigenvalue weighted by atomic mass is 9.90. The zero-order valence-electron chi connectivity index (χ0n) is 17.2. The minimum Gasteiger partial charge on any atom is -0.351 e. The van der Waals surface area contributed by atoms with Crippen molar-refractivity contribution in [1.82, 2.24) is 30.2 Å². The van der Waals surface area contributed by atoms with Crippen molar-refractivity contribution in [2.24, 2.45) is 0 Å². The van der Waals surface area contributed by atoms with Gasteiger partial charge in [0.2, 0.25) is 5.95 Å². The minimum atomic E-state index is -0.487. The summed E-state index contributed by atoms with van der Waals surface area (Å²) in [5.74, 6) is 0.486. The number of anilines is 3. The van der Waals surface area contributed by atoms with Gasteiger partial charge in [-0.15, -0.1) is 0 Å². The summed E-state index contributed by atoms with van der Waals surface area (Å²) in [7, 11) is 0. The van der Waals surface area contributed by atoms with Crippen LogP contribution in [0.5, 0.6) is 0 Å². The summed E-state index contributed by atoms with van der Waals surface area (Å²) < 4.78 is 13.5. The van der Waals surface area contributed by atoms with Crippen molar-refractivity contribution in [2.45, 2.75) is 37.8 Å². The number of rotatable bonds is 5. The second kappa shape index (κ2) is 8.70. The standard InChI is InChI=1S/C21H22ClFN8O/c22-15-9-13(3-6-16(15)23)28-19-18-17(26-11-27-19)10-25-20(30-18)29-12-1-4-14(5-2-12)31-8-7-24-21(31)32/h3,6,9-12,14H,1-2,4-5,7-8H2,(H,24,32)(H,25,29,30)(H,26,27,28). The van der Waals surface area contributed by atoms with E-state index in [4.69, 9.17) is 11.6 Å². The van der Waals surface area contributed by atoms with Crippen LogP contribution in [-0.4, -0.2) is 56.0 Å². The lowest BCUT2D eigenvalue weighted by Crippen LogP contribution is -2.42. The molecule has 0 bridgehead atoms. The van der Waals surface area contributed by atoms with Gasteiger partial charge in [0.05, 0.1) is 11.2 Å². The molecule has 1 aliphatic carbocycles. The van der Waals surface area contributed by atoms with Crippen molar-refractivity contribution in [3.05, 3.63) is 41.6 Å². The van der Waals surface area contributed by atoms with Gasteiger partial charge in [-0.2, -0.15) is 0 Å². The Hall–Kier alpha value is -3.27. The molecule has 0 radical (unpaired) electrons. The number of carbonyl (C=O) groups excluding carboxylic acids is 1. The molecule has 3 aromatic rings. The maximum Gasteiger partial charge on any atom is 0.317 e. The zero-order valence-corrected chi connectivity index (χ0v) is 17.9. The van der Waals surface area contributed by atoms with Crippen LogP contribution >= 0.6 is 11.6 Å². The molecule has 2 aromatic heterocycles. The molecular formula is C21H22ClFN8O. The highest BCUT2D eigenvalue weighted by atomic mass is 35.5. The van der Waals surface area contributed by atoms with Crippen LogP contribution in [0.2, 0.25) is 5.02 Å². The Bertz CT molecular complexity index is 1150. The van der Waals surface area contributed by atoms with Gasteiger partial charge >= 0.3 is 6.03 Å². The Labute approximate surface area is 188 Å². The fraction of sp³-hybridized carbons (Fsp3) is 0.381. The Kier molecular flexibility index (Phi) is 5.60. The summed E-state index contributed by atoms with van der Waals surface area (Å²) in [6, 6.07) is 4.92. The fourth-order valence-corrected chi connectivity index (χ4v) is 4.46. The number of urea groups is 1. The number of carbonyl (C=O) groups is 1. The topological polar surface area (TPSA) is 108 Å². The van der Waals surface area contributed by atoms with E-state index in [1.165, 1.54) is 18.5 Å². The lowest BCUT2D eigenvalue weighted by molar-refractivity contribution is 0.177. The van der Waals surface area contributed by atoms with E-state index in [1.807, 2.05) is 4.90 Å². The van der Waals surface area contributed by atoms with Crippen molar-refractivity contribution in [3.8, 4) is 0 Å². The van der Waals surface area contributed by atoms with Gasteiger partial charge in [0.25, 0.3) is 0 Å². The molecule has 0 spiro atoms. The third kappa shape index (κ3) is 4.22. The molecule has 2 fully saturated rings. The smallest absolute Gasteiger partial charge is 0.317 e. The number of nitrogens with zero attached hydrogens (tertiary/aromatic N) is 5. The van der Waals surface area contributed by atoms with Crippen LogP contribution in [0.15, 0.2) is 30.7 Å². The molecule has 166 valence electrons. The van der Waals surface area contributed by atoms with Crippen molar-refractivity contribution in [1.29, 1.82) is 0 Å². The highest BCUT2D eigenvalue weighted by Crippen LogP contribution is 2.28. The number of nitrogens with one attached hydrogen (secondary N) is 3. The van der Waals surface area contributed by atoms with E-state index >= 15 is 0 Å². The number of hydrogen-bond donors (Lipinski definition) is 3. The molecule has 1 saturated carbocycles. The van der Waals surface area contributed by atoms with Crippen molar-refractivity contribution in [3.63, 3.8) is 0 Å². The van der Waals surface area contributed by atoms with E-state index in [2.05, 4.69) is 35.9 Å². The van der Waals surface area contributed by atoms with Gasteiger partial charge in [-0.3, -0.25) is 0 Å². The zero-order chi connectivity index (χ0) is 22.1. The molecule has 1 aliphatic heterocycles. The highest BCUT2D eigenvalue weighted by Gasteiger charge is 2.31. The highest BCUT2D eigenvalue weighted by molar-refractivity contribution is 6.31. The van der Waals surface area contributed by atoms with Gasteiger partial charge in [0, 0.05) is 30.9 Å². The molecule has 0 unspecified atom stereocenters. The fourth-order valence-electron chi connectivity index (χ4n) is 4.27. The summed E-state index contributed by atoms with van der Waals surface area (Å²) in [5, 5.41) is 9.42. The SMILES string of the molecule is O=C1NCCN1C1CCC(Nc2ncc3ncnc(Nc4ccc(F)c(Cl)c4)c3n2)CC1. The quantitative estimate of drug-likeness (QED) is 0.537. The van der Waals surface area contributed by atoms with Crippen molar-refractivity contribution < 1.29 is 9.18 Å². The average Bonchev–Trinajstić information content (AvgIpc) is 3.23. The maximum atomic E-state index is 13.5. The van der Waals surface area contributed by atoms with Crippen LogP contribution in [0.3, 0.4) is 0 Å². The van der Waals surface area contributed by atoms with Crippen LogP contribution in [0.25, 0.3) is 11.0 Å². The predicted molar refractivity (Wildman–Crippen MR) is 120 cm³/mol. The monoisotopic (exact) mass is 456 g/mol. The van der Waals surface area contributed by atoms with Crippen LogP contribution in [0.4, 0.5) is 26.6 Å². The van der Waals surface area contributed by atoms with Gasteiger partial charge in [0.1, 0.15) is 23.2 Å². The largest absolute Gasteiger partial charge is 0.351 e. The first kappa shape index (κ1) is 20.6. The van der Waals surface area contributed by atoms with Crippen LogP contribution < -0.4 is 16.0 Å². The first-order valence-electron chi connectivity index (χ1n) is 10.6. The van der Waals surface area contributed by atoms with Gasteiger partial charge in [-0.25, -0.2) is 29.1 Å². The Morgan fingerprint density at radius 3 is 2.75 bits per heavy atom.